The Hall–Kier alpha value is -9.27. The molecule has 0 bridgehead atoms. The molecular formula is C88H145N7O29. The van der Waals surface area contributed by atoms with Crippen LogP contribution in [-0.2, 0) is 100 Å². The molecule has 2 rings (SSSR count). The number of nitrogens with one attached hydrogen (secondary N) is 6. The van der Waals surface area contributed by atoms with Gasteiger partial charge in [-0.2, -0.15) is 0 Å². The molecule has 6 amide bonds. The van der Waals surface area contributed by atoms with Crippen LogP contribution in [0.3, 0.4) is 0 Å². The van der Waals surface area contributed by atoms with Crippen LogP contribution >= 0.6 is 0 Å². The predicted molar refractivity (Wildman–Crippen MR) is 461 cm³/mol. The molecule has 0 aliphatic carbocycles. The Bertz CT molecular complexity index is 3420. The first kappa shape index (κ1) is 111. The van der Waals surface area contributed by atoms with E-state index in [0.29, 0.717) is 102 Å². The van der Waals surface area contributed by atoms with E-state index >= 15 is 0 Å². The molecule has 12 N–H and O–H groups in total. The maximum Gasteiger partial charge on any atom is 0.335 e. The number of unbranched alkanes of at least 4 members (excludes halogenated alkanes) is 14. The average Bonchev–Trinajstić information content (AvgIpc) is 0.890. The molecule has 0 radical (unpaired) electrons. The molecule has 5 atom stereocenters. The maximum atomic E-state index is 13.6. The fourth-order valence-corrected chi connectivity index (χ4v) is 12.4. The van der Waals surface area contributed by atoms with Crippen LogP contribution in [-0.4, -0.2) is 272 Å². The Balaban J connectivity index is 0. The molecular weight excluding hydrogens is 1620 g/mol. The first-order valence-corrected chi connectivity index (χ1v) is 43.7. The van der Waals surface area contributed by atoms with Crippen LogP contribution in [0.15, 0.2) is 48.5 Å². The van der Waals surface area contributed by atoms with Crippen molar-refractivity contribution < 1.29 is 144 Å². The fourth-order valence-electron chi connectivity index (χ4n) is 12.4. The van der Waals surface area contributed by atoms with Crippen LogP contribution in [0.25, 0.3) is 0 Å². The summed E-state index contributed by atoms with van der Waals surface area (Å²) in [7, 11) is 0. The SMILES string of the molecule is CC(=O)[C@H](CCCCNC(=O)COCCOCCNC(=O)COCCOCCCC(=O)CC[C@H](NC(=O)CCCCCCCCCOc1ccc(C(=O)O)cc1)C(=O)O)CC(=O)[C@H](CCCCNC(=O)COCCOCCCC(=O)COCCOCCNC(=O)CC[C@H](NC(=O)CCCCCCCCCOc1ccc(C(=O)O)cc1)C(=O)O)CC(=O)[C@H](C)N.[HH].[HH].[HH]. The molecule has 0 aromatic heterocycles. The Labute approximate surface area is 732 Å². The molecule has 2 aromatic rings. The summed E-state index contributed by atoms with van der Waals surface area (Å²) in [5.41, 5.74) is 6.26. The number of ether oxygens (including phenoxy) is 10. The van der Waals surface area contributed by atoms with E-state index in [4.69, 9.17) is 63.3 Å². The van der Waals surface area contributed by atoms with Crippen LogP contribution in [0.2, 0.25) is 0 Å². The van der Waals surface area contributed by atoms with Crippen molar-refractivity contribution in [3.63, 3.8) is 0 Å². The van der Waals surface area contributed by atoms with Gasteiger partial charge in [0.15, 0.2) is 5.78 Å². The van der Waals surface area contributed by atoms with E-state index in [1.807, 2.05) is 0 Å². The monoisotopic (exact) mass is 1760 g/mol. The smallest absolute Gasteiger partial charge is 0.335 e. The minimum absolute atomic E-state index is 0. The van der Waals surface area contributed by atoms with Crippen LogP contribution in [0.4, 0.5) is 0 Å². The number of amides is 6. The van der Waals surface area contributed by atoms with Gasteiger partial charge in [-0.15, -0.1) is 0 Å². The lowest BCUT2D eigenvalue weighted by atomic mass is 9.83. The van der Waals surface area contributed by atoms with E-state index in [2.05, 4.69) is 31.9 Å². The topological polar surface area (TPSA) is 527 Å². The number of carbonyl (C=O) groups excluding carboxylic acids is 11. The Kier molecular flexibility index (Phi) is 65.2. The summed E-state index contributed by atoms with van der Waals surface area (Å²) in [5.74, 6) is -7.54. The van der Waals surface area contributed by atoms with Crippen LogP contribution < -0.4 is 47.1 Å². The van der Waals surface area contributed by atoms with E-state index in [1.54, 1.807) is 31.2 Å². The summed E-state index contributed by atoms with van der Waals surface area (Å²) in [4.78, 5) is 183. The minimum Gasteiger partial charge on any atom is -0.494 e. The summed E-state index contributed by atoms with van der Waals surface area (Å²) < 4.78 is 54.7. The zero-order chi connectivity index (χ0) is 91.0. The third-order valence-electron chi connectivity index (χ3n) is 19.6. The molecule has 124 heavy (non-hydrogen) atoms. The summed E-state index contributed by atoms with van der Waals surface area (Å²) in [5, 5.41) is 53.1. The fraction of sp³-hybridized carbons (Fsp3) is 0.693. The quantitative estimate of drug-likeness (QED) is 0.0280. The standard InChI is InChI=1S/C88H139N7O29.3H2/c1-65(89)77(99)60-70(24-16-18-42-91-82(104)62-120-56-52-116-46-22-26-72(98)61-119-55-53-117-49-43-92-79(101)40-39-76(88(113)114)95-81(103)28-14-10-6-4-8-12-20-48-124-74-36-31-68(32-37-74)86(109)110)78(100)59-69(66(2)96)23-15-17-41-90-83(105)63-122-58-54-118-50-44-93-84(106)64-121-57-51-115-45-21-25-71(97)33-38-75(87(111)112)94-80(102)27-13-9-5-3-7-11-19-47-123-73-34-29-67(30-35-73)85(107)108;;;/h29-32,34-37,65,69-70,75-76H,3-28,33,38-64,89H2,1-2H3,(H,90,105)(H,91,104)(H,92,101)(H,93,106)(H,94,102)(H,95,103)(H,107,108)(H,109,110)(H,111,112)(H,113,114);3*1H/t65-,69+,70+,75-,76-;;;/m0.../s1. The van der Waals surface area contributed by atoms with Crippen molar-refractivity contribution >= 4 is 88.2 Å². The first-order chi connectivity index (χ1) is 59.7. The number of nitrogens with two attached hydrogens (primary N) is 1. The molecule has 0 saturated heterocycles. The zero-order valence-electron chi connectivity index (χ0n) is 72.8. The second-order valence-electron chi connectivity index (χ2n) is 30.3. The number of Topliss-reactive ketones (excluding diaryl/α,β-unsaturated/α-hetero) is 5. The van der Waals surface area contributed by atoms with Gasteiger partial charge in [-0.25, -0.2) is 19.2 Å². The molecule has 0 heterocycles. The molecule has 0 unspecified atom stereocenters. The van der Waals surface area contributed by atoms with E-state index in [0.717, 1.165) is 77.0 Å². The zero-order valence-corrected chi connectivity index (χ0v) is 72.8. The molecule has 36 nitrogen and oxygen atoms in total. The summed E-state index contributed by atoms with van der Waals surface area (Å²) in [6, 6.07) is 9.39. The number of benzene rings is 2. The van der Waals surface area contributed by atoms with Gasteiger partial charge in [-0.3, -0.25) is 52.7 Å². The van der Waals surface area contributed by atoms with E-state index in [-0.39, 0.29) is 257 Å². The molecule has 36 heteroatoms. The van der Waals surface area contributed by atoms with Crippen LogP contribution in [0, 0.1) is 11.8 Å². The molecule has 2 aromatic carbocycles. The van der Waals surface area contributed by atoms with Crippen molar-refractivity contribution in [2.24, 2.45) is 17.6 Å². The third kappa shape index (κ3) is 61.9. The average molecular weight is 1770 g/mol. The number of aromatic carboxylic acids is 2. The second kappa shape index (κ2) is 73.0. The van der Waals surface area contributed by atoms with Gasteiger partial charge in [0.05, 0.1) is 96.5 Å². The van der Waals surface area contributed by atoms with Crippen LogP contribution in [0.5, 0.6) is 11.5 Å². The number of hydrogen-bond donors (Lipinski definition) is 11. The van der Waals surface area contributed by atoms with Crippen molar-refractivity contribution in [3.05, 3.63) is 59.7 Å². The van der Waals surface area contributed by atoms with Gasteiger partial charge in [-0.1, -0.05) is 77.0 Å². The number of carbonyl (C=O) groups is 15. The van der Waals surface area contributed by atoms with E-state index in [9.17, 15) is 82.1 Å². The van der Waals surface area contributed by atoms with Gasteiger partial charge in [0.2, 0.25) is 35.4 Å². The summed E-state index contributed by atoms with van der Waals surface area (Å²) in [6.45, 7) is 6.42. The molecule has 0 aliphatic rings. The normalized spacial score (nSPS) is 12.3. The predicted octanol–water partition coefficient (Wildman–Crippen LogP) is 7.94. The van der Waals surface area contributed by atoms with Gasteiger partial charge in [0, 0.05) is 107 Å². The Morgan fingerprint density at radius 2 is 0.677 bits per heavy atom. The lowest BCUT2D eigenvalue weighted by Gasteiger charge is -2.20. The molecule has 0 aliphatic heterocycles. The van der Waals surface area contributed by atoms with Gasteiger partial charge < -0.3 is 105 Å². The highest BCUT2D eigenvalue weighted by atomic mass is 16.5. The summed E-state index contributed by atoms with van der Waals surface area (Å²) in [6.07, 6.45) is 16.5. The Morgan fingerprint density at radius 1 is 0.323 bits per heavy atom. The van der Waals surface area contributed by atoms with Crippen molar-refractivity contribution in [1.82, 2.24) is 31.9 Å². The molecule has 0 spiro atoms. The van der Waals surface area contributed by atoms with Crippen molar-refractivity contribution in [2.75, 3.05) is 145 Å². The van der Waals surface area contributed by atoms with Gasteiger partial charge in [-0.05, 0) is 139 Å². The van der Waals surface area contributed by atoms with Crippen molar-refractivity contribution in [1.29, 1.82) is 0 Å². The number of carboxylic acids is 4. The minimum atomic E-state index is -1.23. The maximum absolute atomic E-state index is 13.6. The first-order valence-electron chi connectivity index (χ1n) is 43.7. The number of hydrogen-bond acceptors (Lipinski definition) is 26. The molecule has 706 valence electrons. The number of rotatable bonds is 85. The Morgan fingerprint density at radius 3 is 1.09 bits per heavy atom. The van der Waals surface area contributed by atoms with E-state index < -0.39 is 59.7 Å². The second-order valence-corrected chi connectivity index (χ2v) is 30.3. The largest absolute Gasteiger partial charge is 0.494 e. The number of aliphatic carboxylic acids is 2. The lowest BCUT2D eigenvalue weighted by molar-refractivity contribution is -0.142. The summed E-state index contributed by atoms with van der Waals surface area (Å²) >= 11 is 0. The highest BCUT2D eigenvalue weighted by molar-refractivity contribution is 5.93. The van der Waals surface area contributed by atoms with Crippen molar-refractivity contribution in [2.45, 2.75) is 237 Å². The van der Waals surface area contributed by atoms with Crippen LogP contribution in [0.1, 0.15) is 244 Å². The number of carboxylic acid groups (broad SMARTS) is 4. The van der Waals surface area contributed by atoms with E-state index in [1.165, 1.54) is 31.2 Å². The highest BCUT2D eigenvalue weighted by Crippen LogP contribution is 2.24. The van der Waals surface area contributed by atoms with Gasteiger partial charge >= 0.3 is 23.9 Å². The van der Waals surface area contributed by atoms with Gasteiger partial charge in [0.1, 0.15) is 73.1 Å². The third-order valence-corrected chi connectivity index (χ3v) is 19.6. The highest BCUT2D eigenvalue weighted by Gasteiger charge is 2.28. The number of ketones is 5. The molecule has 0 fully saturated rings. The van der Waals surface area contributed by atoms with Crippen molar-refractivity contribution in [3.8, 4) is 11.5 Å². The molecule has 0 saturated carbocycles. The van der Waals surface area contributed by atoms with Gasteiger partial charge in [0.25, 0.3) is 0 Å². The lowest BCUT2D eigenvalue weighted by Crippen LogP contribution is -2.41.